The topological polar surface area (TPSA) is 66.4 Å². The molecule has 0 saturated heterocycles. The average molecular weight is 245 g/mol. The SMILES string of the molecule is Cc1cc2c(c3c1C(=O)NC3=O)C(O)C(C)(C)C2. The maximum Gasteiger partial charge on any atom is 0.259 e. The maximum absolute atomic E-state index is 11.9. The number of aryl methyl sites for hydroxylation is 1. The Morgan fingerprint density at radius 3 is 2.56 bits per heavy atom. The lowest BCUT2D eigenvalue weighted by atomic mass is 9.86. The van der Waals surface area contributed by atoms with E-state index in [1.54, 1.807) is 0 Å². The quantitative estimate of drug-likeness (QED) is 0.681. The number of carbonyl (C=O) groups is 2. The lowest BCUT2D eigenvalue weighted by Gasteiger charge is -2.22. The van der Waals surface area contributed by atoms with Gasteiger partial charge in [-0.15, -0.1) is 0 Å². The second-order valence-corrected chi connectivity index (χ2v) is 5.87. The van der Waals surface area contributed by atoms with Crippen LogP contribution in [0, 0.1) is 12.3 Å². The molecule has 1 aromatic rings. The molecule has 1 aliphatic carbocycles. The lowest BCUT2D eigenvalue weighted by molar-refractivity contribution is 0.0653. The zero-order valence-electron chi connectivity index (χ0n) is 10.6. The number of aliphatic hydroxyl groups excluding tert-OH is 1. The molecule has 18 heavy (non-hydrogen) atoms. The van der Waals surface area contributed by atoms with Gasteiger partial charge >= 0.3 is 0 Å². The van der Waals surface area contributed by atoms with Gasteiger partial charge in [-0.25, -0.2) is 0 Å². The van der Waals surface area contributed by atoms with E-state index in [9.17, 15) is 14.7 Å². The smallest absolute Gasteiger partial charge is 0.259 e. The molecule has 0 bridgehead atoms. The number of carbonyl (C=O) groups excluding carboxylic acids is 2. The first-order valence-corrected chi connectivity index (χ1v) is 6.03. The third-order valence-corrected chi connectivity index (χ3v) is 3.99. The van der Waals surface area contributed by atoms with Crippen molar-refractivity contribution in [1.29, 1.82) is 0 Å². The van der Waals surface area contributed by atoms with Gasteiger partial charge in [-0.05, 0) is 35.4 Å². The van der Waals surface area contributed by atoms with Crippen molar-refractivity contribution < 1.29 is 14.7 Å². The minimum absolute atomic E-state index is 0.296. The van der Waals surface area contributed by atoms with Gasteiger partial charge in [0.15, 0.2) is 0 Å². The standard InChI is InChI=1S/C14H15NO3/c1-6-4-7-5-14(2,3)11(16)9(7)10-8(6)12(17)15-13(10)18/h4,11,16H,5H2,1-3H3,(H,15,17,18). The number of hydrogen-bond acceptors (Lipinski definition) is 3. The Morgan fingerprint density at radius 2 is 1.89 bits per heavy atom. The molecule has 0 aromatic heterocycles. The molecular formula is C14H15NO3. The van der Waals surface area contributed by atoms with Crippen LogP contribution in [0.1, 0.15) is 57.4 Å². The highest BCUT2D eigenvalue weighted by Crippen LogP contribution is 2.48. The van der Waals surface area contributed by atoms with Gasteiger partial charge < -0.3 is 5.11 Å². The predicted molar refractivity (Wildman–Crippen MR) is 65.4 cm³/mol. The van der Waals surface area contributed by atoms with Crippen molar-refractivity contribution in [2.24, 2.45) is 5.41 Å². The zero-order chi connectivity index (χ0) is 13.2. The van der Waals surface area contributed by atoms with Gasteiger partial charge in [0.25, 0.3) is 11.8 Å². The number of hydrogen-bond donors (Lipinski definition) is 2. The van der Waals surface area contributed by atoms with Crippen molar-refractivity contribution >= 4 is 11.8 Å². The van der Waals surface area contributed by atoms with Gasteiger partial charge in [-0.2, -0.15) is 0 Å². The summed E-state index contributed by atoms with van der Waals surface area (Å²) in [4.78, 5) is 23.7. The van der Waals surface area contributed by atoms with Crippen LogP contribution in [0.3, 0.4) is 0 Å². The number of rotatable bonds is 0. The van der Waals surface area contributed by atoms with E-state index in [2.05, 4.69) is 5.32 Å². The molecule has 1 atom stereocenters. The fourth-order valence-electron chi connectivity index (χ4n) is 3.10. The Balaban J connectivity index is 2.35. The third kappa shape index (κ3) is 1.24. The molecule has 0 spiro atoms. The summed E-state index contributed by atoms with van der Waals surface area (Å²) in [7, 11) is 0. The molecule has 3 rings (SSSR count). The summed E-state index contributed by atoms with van der Waals surface area (Å²) in [6.45, 7) is 5.76. The Kier molecular flexibility index (Phi) is 2.03. The first kappa shape index (κ1) is 11.4. The van der Waals surface area contributed by atoms with E-state index in [-0.39, 0.29) is 17.2 Å². The van der Waals surface area contributed by atoms with Crippen LogP contribution in [-0.2, 0) is 6.42 Å². The number of benzene rings is 1. The van der Waals surface area contributed by atoms with Gasteiger partial charge in [0.1, 0.15) is 0 Å². The van der Waals surface area contributed by atoms with E-state index in [0.29, 0.717) is 16.7 Å². The highest BCUT2D eigenvalue weighted by atomic mass is 16.3. The zero-order valence-corrected chi connectivity index (χ0v) is 10.6. The second-order valence-electron chi connectivity index (χ2n) is 5.87. The summed E-state index contributed by atoms with van der Waals surface area (Å²) in [5.74, 6) is -0.737. The Morgan fingerprint density at radius 1 is 1.28 bits per heavy atom. The maximum atomic E-state index is 11.9. The lowest BCUT2D eigenvalue weighted by Crippen LogP contribution is -2.21. The van der Waals surface area contributed by atoms with Crippen LogP contribution in [0.15, 0.2) is 6.07 Å². The molecule has 0 saturated carbocycles. The van der Waals surface area contributed by atoms with Crippen LogP contribution < -0.4 is 5.32 Å². The van der Waals surface area contributed by atoms with E-state index in [1.807, 2.05) is 26.8 Å². The second kappa shape index (κ2) is 3.20. The van der Waals surface area contributed by atoms with Gasteiger partial charge in [0.05, 0.1) is 17.2 Å². The average Bonchev–Trinajstić information content (AvgIpc) is 2.64. The van der Waals surface area contributed by atoms with Crippen molar-refractivity contribution in [3.63, 3.8) is 0 Å². The van der Waals surface area contributed by atoms with Gasteiger partial charge in [0, 0.05) is 0 Å². The fourth-order valence-corrected chi connectivity index (χ4v) is 3.10. The summed E-state index contributed by atoms with van der Waals surface area (Å²) in [6, 6.07) is 1.92. The molecule has 1 unspecified atom stereocenters. The molecule has 0 radical (unpaired) electrons. The minimum atomic E-state index is -0.696. The van der Waals surface area contributed by atoms with Crippen molar-refractivity contribution in [3.05, 3.63) is 33.9 Å². The van der Waals surface area contributed by atoms with Crippen molar-refractivity contribution in [2.45, 2.75) is 33.3 Å². The minimum Gasteiger partial charge on any atom is -0.388 e. The first-order chi connectivity index (χ1) is 8.33. The molecule has 0 fully saturated rings. The number of nitrogens with one attached hydrogen (secondary N) is 1. The summed E-state index contributed by atoms with van der Waals surface area (Å²) >= 11 is 0. The fraction of sp³-hybridized carbons (Fsp3) is 0.429. The van der Waals surface area contributed by atoms with E-state index in [0.717, 1.165) is 17.5 Å². The summed E-state index contributed by atoms with van der Waals surface area (Å²) in [5.41, 5.74) is 2.94. The monoisotopic (exact) mass is 245 g/mol. The van der Waals surface area contributed by atoms with Crippen LogP contribution in [0.5, 0.6) is 0 Å². The van der Waals surface area contributed by atoms with E-state index in [4.69, 9.17) is 0 Å². The van der Waals surface area contributed by atoms with Crippen molar-refractivity contribution in [3.8, 4) is 0 Å². The Hall–Kier alpha value is -1.68. The highest BCUT2D eigenvalue weighted by Gasteiger charge is 2.44. The number of imide groups is 1. The van der Waals surface area contributed by atoms with Crippen LogP contribution in [0.2, 0.25) is 0 Å². The number of aliphatic hydroxyl groups is 1. The molecule has 1 heterocycles. The highest BCUT2D eigenvalue weighted by molar-refractivity contribution is 6.23. The Labute approximate surface area is 105 Å². The van der Waals surface area contributed by atoms with Gasteiger partial charge in [0.2, 0.25) is 0 Å². The Bertz CT molecular complexity index is 602. The van der Waals surface area contributed by atoms with Crippen molar-refractivity contribution in [1.82, 2.24) is 5.32 Å². The predicted octanol–water partition coefficient (Wildman–Crippen LogP) is 1.49. The molecule has 1 aliphatic heterocycles. The molecule has 2 aliphatic rings. The van der Waals surface area contributed by atoms with Crippen LogP contribution in [0.25, 0.3) is 0 Å². The van der Waals surface area contributed by atoms with Crippen LogP contribution in [0.4, 0.5) is 0 Å². The molecule has 4 heteroatoms. The normalized spacial score (nSPS) is 23.9. The van der Waals surface area contributed by atoms with Gasteiger partial charge in [-0.1, -0.05) is 19.9 Å². The van der Waals surface area contributed by atoms with E-state index >= 15 is 0 Å². The molecule has 4 nitrogen and oxygen atoms in total. The largest absolute Gasteiger partial charge is 0.388 e. The van der Waals surface area contributed by atoms with Gasteiger partial charge in [-0.3, -0.25) is 14.9 Å². The van der Waals surface area contributed by atoms with E-state index in [1.165, 1.54) is 0 Å². The van der Waals surface area contributed by atoms with Crippen LogP contribution in [-0.4, -0.2) is 16.9 Å². The van der Waals surface area contributed by atoms with Crippen LogP contribution >= 0.6 is 0 Å². The number of amides is 2. The summed E-state index contributed by atoms with van der Waals surface area (Å²) < 4.78 is 0. The first-order valence-electron chi connectivity index (χ1n) is 6.03. The third-order valence-electron chi connectivity index (χ3n) is 3.99. The molecule has 2 amide bonds. The number of fused-ring (bicyclic) bond motifs is 3. The summed E-state index contributed by atoms with van der Waals surface area (Å²) in [6.07, 6.45) is 0.0255. The van der Waals surface area contributed by atoms with Crippen molar-refractivity contribution in [2.75, 3.05) is 0 Å². The molecule has 2 N–H and O–H groups in total. The molecule has 94 valence electrons. The van der Waals surface area contributed by atoms with E-state index < -0.39 is 6.10 Å². The summed E-state index contributed by atoms with van der Waals surface area (Å²) in [5, 5.41) is 12.7. The molecular weight excluding hydrogens is 230 g/mol. The molecule has 1 aromatic carbocycles.